The molecule has 2 rings (SSSR count). The Labute approximate surface area is 139 Å². The van der Waals surface area contributed by atoms with Crippen molar-refractivity contribution in [2.45, 2.75) is 31.6 Å². The van der Waals surface area contributed by atoms with Gasteiger partial charge >= 0.3 is 0 Å². The Morgan fingerprint density at radius 1 is 1.00 bits per heavy atom. The maximum atomic E-state index is 6.55. The highest BCUT2D eigenvalue weighted by atomic mass is 79.9. The summed E-state index contributed by atoms with van der Waals surface area (Å²) in [4.78, 5) is 0. The van der Waals surface area contributed by atoms with Crippen molar-refractivity contribution in [3.63, 3.8) is 0 Å². The normalized spacial score (nSPS) is 14.1. The minimum atomic E-state index is -0.174. The van der Waals surface area contributed by atoms with Gasteiger partial charge in [0.25, 0.3) is 0 Å². The highest BCUT2D eigenvalue weighted by molar-refractivity contribution is 9.10. The van der Waals surface area contributed by atoms with Crippen molar-refractivity contribution in [3.8, 4) is 0 Å². The SMILES string of the molecule is CCC(C)c1ccc(C(Cl)c2ccc(Br)c(Cl)c2)cc1. The summed E-state index contributed by atoms with van der Waals surface area (Å²) in [6, 6.07) is 14.4. The molecule has 2 atom stereocenters. The first kappa shape index (κ1) is 15.9. The van der Waals surface area contributed by atoms with Crippen molar-refractivity contribution in [2.24, 2.45) is 0 Å². The average molecular weight is 372 g/mol. The van der Waals surface area contributed by atoms with Gasteiger partial charge in [0.15, 0.2) is 0 Å². The molecule has 0 saturated carbocycles. The Kier molecular flexibility index (Phi) is 5.54. The number of rotatable bonds is 4. The van der Waals surface area contributed by atoms with Gasteiger partial charge in [-0.3, -0.25) is 0 Å². The fourth-order valence-electron chi connectivity index (χ4n) is 2.09. The number of alkyl halides is 1. The molecule has 2 aromatic rings. The van der Waals surface area contributed by atoms with Crippen molar-refractivity contribution in [1.82, 2.24) is 0 Å². The van der Waals surface area contributed by atoms with Crippen LogP contribution in [-0.4, -0.2) is 0 Å². The van der Waals surface area contributed by atoms with E-state index in [1.165, 1.54) is 5.56 Å². The summed E-state index contributed by atoms with van der Waals surface area (Å²) in [7, 11) is 0. The maximum absolute atomic E-state index is 6.55. The summed E-state index contributed by atoms with van der Waals surface area (Å²) < 4.78 is 0.888. The summed E-state index contributed by atoms with van der Waals surface area (Å²) in [6.45, 7) is 4.44. The minimum Gasteiger partial charge on any atom is -0.113 e. The van der Waals surface area contributed by atoms with E-state index in [-0.39, 0.29) is 5.38 Å². The first-order chi connectivity index (χ1) is 9.52. The summed E-state index contributed by atoms with van der Waals surface area (Å²) in [6.07, 6.45) is 1.14. The third-order valence-electron chi connectivity index (χ3n) is 3.65. The molecular weight excluding hydrogens is 355 g/mol. The van der Waals surface area contributed by atoms with E-state index in [2.05, 4.69) is 54.0 Å². The van der Waals surface area contributed by atoms with Crippen LogP contribution in [0, 0.1) is 0 Å². The summed E-state index contributed by atoms with van der Waals surface area (Å²) in [5.74, 6) is 0.583. The third-order valence-corrected chi connectivity index (χ3v) is 5.38. The molecule has 0 nitrogen and oxygen atoms in total. The van der Waals surface area contributed by atoms with Crippen LogP contribution in [-0.2, 0) is 0 Å². The molecule has 0 aromatic heterocycles. The van der Waals surface area contributed by atoms with Crippen molar-refractivity contribution in [1.29, 1.82) is 0 Å². The van der Waals surface area contributed by atoms with Gasteiger partial charge in [0.1, 0.15) is 0 Å². The van der Waals surface area contributed by atoms with Crippen molar-refractivity contribution >= 4 is 39.1 Å². The zero-order chi connectivity index (χ0) is 14.7. The highest BCUT2D eigenvalue weighted by Crippen LogP contribution is 2.33. The van der Waals surface area contributed by atoms with Crippen LogP contribution in [0.5, 0.6) is 0 Å². The first-order valence-corrected chi connectivity index (χ1v) is 8.32. The molecule has 0 aliphatic heterocycles. The fourth-order valence-corrected chi connectivity index (χ4v) is 2.81. The molecule has 0 N–H and O–H groups in total. The van der Waals surface area contributed by atoms with Crippen LogP contribution >= 0.6 is 39.1 Å². The lowest BCUT2D eigenvalue weighted by atomic mass is 9.96. The van der Waals surface area contributed by atoms with Crippen LogP contribution in [0.4, 0.5) is 0 Å². The molecule has 2 aromatic carbocycles. The molecule has 0 fully saturated rings. The van der Waals surface area contributed by atoms with Gasteiger partial charge in [-0.25, -0.2) is 0 Å². The molecule has 0 heterocycles. The van der Waals surface area contributed by atoms with E-state index in [1.54, 1.807) is 0 Å². The first-order valence-electron chi connectivity index (χ1n) is 6.71. The lowest BCUT2D eigenvalue weighted by Crippen LogP contribution is -1.96. The van der Waals surface area contributed by atoms with Gasteiger partial charge in [-0.1, -0.05) is 55.8 Å². The molecule has 0 aliphatic rings. The second kappa shape index (κ2) is 6.98. The Morgan fingerprint density at radius 3 is 2.10 bits per heavy atom. The van der Waals surface area contributed by atoms with Crippen LogP contribution < -0.4 is 0 Å². The Bertz CT molecular complexity index is 578. The van der Waals surface area contributed by atoms with E-state index < -0.39 is 0 Å². The highest BCUT2D eigenvalue weighted by Gasteiger charge is 2.13. The van der Waals surface area contributed by atoms with Crippen molar-refractivity contribution in [3.05, 3.63) is 68.7 Å². The van der Waals surface area contributed by atoms with Gasteiger partial charge in [0.2, 0.25) is 0 Å². The maximum Gasteiger partial charge on any atom is 0.0835 e. The quantitative estimate of drug-likeness (QED) is 0.510. The predicted octanol–water partition coefficient (Wildman–Crippen LogP) is 6.94. The van der Waals surface area contributed by atoms with E-state index in [9.17, 15) is 0 Å². The van der Waals surface area contributed by atoms with E-state index in [0.717, 1.165) is 22.0 Å². The van der Waals surface area contributed by atoms with E-state index in [4.69, 9.17) is 23.2 Å². The topological polar surface area (TPSA) is 0 Å². The Morgan fingerprint density at radius 2 is 1.55 bits per heavy atom. The number of halogens is 3. The number of benzene rings is 2. The van der Waals surface area contributed by atoms with Crippen LogP contribution in [0.25, 0.3) is 0 Å². The Balaban J connectivity index is 2.24. The minimum absolute atomic E-state index is 0.174. The number of hydrogen-bond acceptors (Lipinski definition) is 0. The zero-order valence-electron chi connectivity index (χ0n) is 11.5. The van der Waals surface area contributed by atoms with Gasteiger partial charge < -0.3 is 0 Å². The van der Waals surface area contributed by atoms with Crippen molar-refractivity contribution in [2.75, 3.05) is 0 Å². The van der Waals surface area contributed by atoms with Gasteiger partial charge in [0.05, 0.1) is 10.4 Å². The summed E-state index contributed by atoms with van der Waals surface area (Å²) in [5.41, 5.74) is 3.46. The van der Waals surface area contributed by atoms with Gasteiger partial charge in [-0.15, -0.1) is 11.6 Å². The molecule has 0 bridgehead atoms. The second-order valence-corrected chi connectivity index (χ2v) is 6.71. The van der Waals surface area contributed by atoms with Crippen LogP contribution in [0.2, 0.25) is 5.02 Å². The summed E-state index contributed by atoms with van der Waals surface area (Å²) in [5, 5.41) is 0.510. The van der Waals surface area contributed by atoms with E-state index in [0.29, 0.717) is 10.9 Å². The molecule has 0 amide bonds. The largest absolute Gasteiger partial charge is 0.113 e. The Hall–Kier alpha value is -0.500. The molecule has 0 saturated heterocycles. The molecular formula is C17H17BrCl2. The second-order valence-electron chi connectivity index (χ2n) is 5.01. The smallest absolute Gasteiger partial charge is 0.0835 e. The molecule has 3 heteroatoms. The van der Waals surface area contributed by atoms with Crippen LogP contribution in [0.1, 0.15) is 48.3 Å². The van der Waals surface area contributed by atoms with Crippen LogP contribution in [0.15, 0.2) is 46.9 Å². The fraction of sp³-hybridized carbons (Fsp3) is 0.294. The van der Waals surface area contributed by atoms with Crippen LogP contribution in [0.3, 0.4) is 0 Å². The molecule has 2 unspecified atom stereocenters. The average Bonchev–Trinajstić information content (AvgIpc) is 2.48. The third kappa shape index (κ3) is 3.58. The zero-order valence-corrected chi connectivity index (χ0v) is 14.6. The number of hydrogen-bond donors (Lipinski definition) is 0. The lowest BCUT2D eigenvalue weighted by molar-refractivity contribution is 0.733. The summed E-state index contributed by atoms with van der Waals surface area (Å²) >= 11 is 16.1. The van der Waals surface area contributed by atoms with E-state index in [1.807, 2.05) is 18.2 Å². The molecule has 0 spiro atoms. The van der Waals surface area contributed by atoms with Gasteiger partial charge in [-0.2, -0.15) is 0 Å². The standard InChI is InChI=1S/C17H17BrCl2/c1-3-11(2)12-4-6-13(7-5-12)17(20)14-8-9-15(18)16(19)10-14/h4-11,17H,3H2,1-2H3. The lowest BCUT2D eigenvalue weighted by Gasteiger charge is -2.14. The monoisotopic (exact) mass is 370 g/mol. The van der Waals surface area contributed by atoms with Gasteiger partial charge in [-0.05, 0) is 57.1 Å². The predicted molar refractivity (Wildman–Crippen MR) is 92.0 cm³/mol. The van der Waals surface area contributed by atoms with E-state index >= 15 is 0 Å². The molecule has 0 radical (unpaired) electrons. The molecule has 0 aliphatic carbocycles. The molecule has 20 heavy (non-hydrogen) atoms. The van der Waals surface area contributed by atoms with Crippen molar-refractivity contribution < 1.29 is 0 Å². The van der Waals surface area contributed by atoms with Gasteiger partial charge in [0, 0.05) is 4.47 Å². The molecule has 106 valence electrons.